The Morgan fingerprint density at radius 1 is 0.968 bits per heavy atom. The summed E-state index contributed by atoms with van der Waals surface area (Å²) < 4.78 is 23.8. The van der Waals surface area contributed by atoms with Gasteiger partial charge in [0.15, 0.2) is 5.17 Å². The van der Waals surface area contributed by atoms with Crippen molar-refractivity contribution in [2.45, 2.75) is 6.61 Å². The molecule has 5 nitrogen and oxygen atoms in total. The van der Waals surface area contributed by atoms with Gasteiger partial charge < -0.3 is 14.8 Å². The second-order valence-electron chi connectivity index (χ2n) is 6.66. The van der Waals surface area contributed by atoms with Crippen LogP contribution in [0.25, 0.3) is 6.08 Å². The highest BCUT2D eigenvalue weighted by molar-refractivity contribution is 8.18. The SMILES string of the molecule is COc1ccc(N=C2NC(=O)/C(=C/c3ccc(OCc4ccc(F)cc4)cc3)S2)cc1. The van der Waals surface area contributed by atoms with E-state index < -0.39 is 0 Å². The Morgan fingerprint density at radius 3 is 2.32 bits per heavy atom. The summed E-state index contributed by atoms with van der Waals surface area (Å²) in [5, 5.41) is 3.31. The van der Waals surface area contributed by atoms with Crippen LogP contribution < -0.4 is 14.8 Å². The topological polar surface area (TPSA) is 59.9 Å². The number of carbonyl (C=O) groups is 1. The smallest absolute Gasteiger partial charge is 0.264 e. The lowest BCUT2D eigenvalue weighted by molar-refractivity contribution is -0.115. The molecule has 0 saturated carbocycles. The third-order valence-electron chi connectivity index (χ3n) is 4.45. The number of nitrogens with one attached hydrogen (secondary N) is 1. The van der Waals surface area contributed by atoms with Crippen molar-refractivity contribution in [2.24, 2.45) is 4.99 Å². The second-order valence-corrected chi connectivity index (χ2v) is 7.69. The highest BCUT2D eigenvalue weighted by atomic mass is 32.2. The van der Waals surface area contributed by atoms with Crippen molar-refractivity contribution < 1.29 is 18.7 Å². The number of benzene rings is 3. The van der Waals surface area contributed by atoms with Crippen molar-refractivity contribution in [3.05, 3.63) is 94.6 Å². The summed E-state index contributed by atoms with van der Waals surface area (Å²) in [4.78, 5) is 17.3. The summed E-state index contributed by atoms with van der Waals surface area (Å²) in [7, 11) is 1.61. The Hall–Kier alpha value is -3.58. The molecule has 1 saturated heterocycles. The van der Waals surface area contributed by atoms with Crippen molar-refractivity contribution in [3.8, 4) is 11.5 Å². The molecule has 156 valence electrons. The molecule has 31 heavy (non-hydrogen) atoms. The molecule has 1 fully saturated rings. The molecule has 0 bridgehead atoms. The fourth-order valence-corrected chi connectivity index (χ4v) is 3.66. The molecule has 0 aliphatic carbocycles. The Bertz CT molecular complexity index is 1120. The van der Waals surface area contributed by atoms with Crippen LogP contribution in [0.15, 0.2) is 82.7 Å². The van der Waals surface area contributed by atoms with Gasteiger partial charge in [-0.1, -0.05) is 24.3 Å². The van der Waals surface area contributed by atoms with Crippen LogP contribution in [0.1, 0.15) is 11.1 Å². The summed E-state index contributed by atoms with van der Waals surface area (Å²) in [6.45, 7) is 0.351. The third kappa shape index (κ3) is 5.52. The predicted octanol–water partition coefficient (Wildman–Crippen LogP) is 5.30. The van der Waals surface area contributed by atoms with Gasteiger partial charge in [-0.2, -0.15) is 0 Å². The predicted molar refractivity (Wildman–Crippen MR) is 121 cm³/mol. The summed E-state index contributed by atoms with van der Waals surface area (Å²) in [6, 6.07) is 20.9. The normalized spacial score (nSPS) is 15.9. The first-order valence-corrected chi connectivity index (χ1v) is 10.3. The number of methoxy groups -OCH3 is 1. The minimum atomic E-state index is -0.271. The van der Waals surface area contributed by atoms with Crippen molar-refractivity contribution in [1.29, 1.82) is 0 Å². The van der Waals surface area contributed by atoms with E-state index in [0.717, 1.165) is 22.6 Å². The first-order chi connectivity index (χ1) is 15.1. The number of aliphatic imine (C=N–C) groups is 1. The molecule has 1 aliphatic heterocycles. The number of hydrogen-bond acceptors (Lipinski definition) is 5. The lowest BCUT2D eigenvalue weighted by Crippen LogP contribution is -2.19. The van der Waals surface area contributed by atoms with Crippen molar-refractivity contribution in [2.75, 3.05) is 7.11 Å². The van der Waals surface area contributed by atoms with Gasteiger partial charge in [-0.3, -0.25) is 4.79 Å². The molecule has 3 aromatic rings. The zero-order valence-corrected chi connectivity index (χ0v) is 17.5. The van der Waals surface area contributed by atoms with Crippen LogP contribution in [0.4, 0.5) is 10.1 Å². The van der Waals surface area contributed by atoms with Crippen LogP contribution in [0, 0.1) is 5.82 Å². The molecule has 1 N–H and O–H groups in total. The molecular formula is C24H19FN2O3S. The molecule has 1 aliphatic rings. The van der Waals surface area contributed by atoms with Gasteiger partial charge in [0.05, 0.1) is 17.7 Å². The van der Waals surface area contributed by atoms with Gasteiger partial charge >= 0.3 is 0 Å². The van der Waals surface area contributed by atoms with E-state index in [1.54, 1.807) is 25.3 Å². The molecule has 0 radical (unpaired) electrons. The number of thioether (sulfide) groups is 1. The lowest BCUT2D eigenvalue weighted by Gasteiger charge is -2.06. The fourth-order valence-electron chi connectivity index (χ4n) is 2.81. The van der Waals surface area contributed by atoms with Crippen LogP contribution >= 0.6 is 11.8 Å². The van der Waals surface area contributed by atoms with E-state index in [4.69, 9.17) is 9.47 Å². The van der Waals surface area contributed by atoms with Gasteiger partial charge in [0.25, 0.3) is 5.91 Å². The van der Waals surface area contributed by atoms with E-state index in [1.165, 1.54) is 23.9 Å². The third-order valence-corrected chi connectivity index (χ3v) is 5.36. The van der Waals surface area contributed by atoms with Crippen molar-refractivity contribution in [1.82, 2.24) is 5.32 Å². The summed E-state index contributed by atoms with van der Waals surface area (Å²) in [6.07, 6.45) is 1.81. The summed E-state index contributed by atoms with van der Waals surface area (Å²) in [5.41, 5.74) is 2.49. The molecule has 4 rings (SSSR count). The molecule has 7 heteroatoms. The van der Waals surface area contributed by atoms with Crippen LogP contribution in [-0.4, -0.2) is 18.2 Å². The van der Waals surface area contributed by atoms with Gasteiger partial charge in [0, 0.05) is 0 Å². The van der Waals surface area contributed by atoms with Gasteiger partial charge in [-0.25, -0.2) is 9.38 Å². The monoisotopic (exact) mass is 434 g/mol. The van der Waals surface area contributed by atoms with Crippen molar-refractivity contribution in [3.63, 3.8) is 0 Å². The molecule has 0 spiro atoms. The highest BCUT2D eigenvalue weighted by Gasteiger charge is 2.23. The maximum atomic E-state index is 13.0. The molecule has 0 unspecified atom stereocenters. The Morgan fingerprint density at radius 2 is 1.65 bits per heavy atom. The minimum Gasteiger partial charge on any atom is -0.497 e. The zero-order chi connectivity index (χ0) is 21.6. The van der Waals surface area contributed by atoms with E-state index in [1.807, 2.05) is 48.5 Å². The average Bonchev–Trinajstić information content (AvgIpc) is 3.13. The second kappa shape index (κ2) is 9.49. The summed E-state index contributed by atoms with van der Waals surface area (Å²) >= 11 is 1.29. The van der Waals surface area contributed by atoms with E-state index >= 15 is 0 Å². The fraction of sp³-hybridized carbons (Fsp3) is 0.0833. The van der Waals surface area contributed by atoms with Crippen LogP contribution in [0.3, 0.4) is 0 Å². The number of rotatable bonds is 6. The van der Waals surface area contributed by atoms with E-state index in [2.05, 4.69) is 10.3 Å². The number of amidine groups is 1. The van der Waals surface area contributed by atoms with Gasteiger partial charge in [0.2, 0.25) is 0 Å². The number of nitrogens with zero attached hydrogens (tertiary/aromatic N) is 1. The highest BCUT2D eigenvalue weighted by Crippen LogP contribution is 2.29. The standard InChI is InChI=1S/C24H19FN2O3S/c1-29-20-12-8-19(9-13-20)26-24-27-23(28)22(31-24)14-16-4-10-21(11-5-16)30-15-17-2-6-18(25)7-3-17/h2-14H,15H2,1H3,(H,26,27,28)/b22-14-. The first kappa shape index (κ1) is 20.7. The molecule has 3 aromatic carbocycles. The van der Waals surface area contributed by atoms with Gasteiger partial charge in [-0.05, 0) is 77.5 Å². The quantitative estimate of drug-likeness (QED) is 0.535. The van der Waals surface area contributed by atoms with E-state index in [-0.39, 0.29) is 11.7 Å². The van der Waals surface area contributed by atoms with E-state index in [0.29, 0.717) is 22.4 Å². The molecule has 1 amide bonds. The maximum absolute atomic E-state index is 13.0. The van der Waals surface area contributed by atoms with Gasteiger partial charge in [0.1, 0.15) is 23.9 Å². The largest absolute Gasteiger partial charge is 0.497 e. The Balaban J connectivity index is 1.39. The Kier molecular flexibility index (Phi) is 6.33. The lowest BCUT2D eigenvalue weighted by atomic mass is 10.2. The Labute approximate surface area is 183 Å². The molecule has 0 atom stereocenters. The molecule has 0 aromatic heterocycles. The average molecular weight is 434 g/mol. The van der Waals surface area contributed by atoms with Crippen LogP contribution in [0.2, 0.25) is 0 Å². The first-order valence-electron chi connectivity index (χ1n) is 9.50. The zero-order valence-electron chi connectivity index (χ0n) is 16.7. The van der Waals surface area contributed by atoms with Gasteiger partial charge in [-0.15, -0.1) is 0 Å². The summed E-state index contributed by atoms with van der Waals surface area (Å²) in [5.74, 6) is 0.982. The minimum absolute atomic E-state index is 0.186. The molecular weight excluding hydrogens is 415 g/mol. The van der Waals surface area contributed by atoms with Crippen LogP contribution in [-0.2, 0) is 11.4 Å². The number of amides is 1. The van der Waals surface area contributed by atoms with E-state index in [9.17, 15) is 9.18 Å². The van der Waals surface area contributed by atoms with Crippen LogP contribution in [0.5, 0.6) is 11.5 Å². The van der Waals surface area contributed by atoms with Crippen molar-refractivity contribution >= 4 is 34.6 Å². The number of ether oxygens (including phenoxy) is 2. The number of hydrogen-bond donors (Lipinski definition) is 1. The number of halogens is 1. The number of carbonyl (C=O) groups excluding carboxylic acids is 1. The maximum Gasteiger partial charge on any atom is 0.264 e. The molecule has 1 heterocycles.